The van der Waals surface area contributed by atoms with E-state index in [9.17, 15) is 31.5 Å². The van der Waals surface area contributed by atoms with E-state index >= 15 is 0 Å². The van der Waals surface area contributed by atoms with Crippen LogP contribution < -0.4 is 5.32 Å². The van der Waals surface area contributed by atoms with Crippen LogP contribution in [0.2, 0.25) is 5.02 Å². The van der Waals surface area contributed by atoms with Crippen molar-refractivity contribution in [1.82, 2.24) is 5.16 Å². The van der Waals surface area contributed by atoms with Crippen molar-refractivity contribution >= 4 is 33.0 Å². The van der Waals surface area contributed by atoms with Gasteiger partial charge in [-0.1, -0.05) is 47.1 Å². The predicted octanol–water partition coefficient (Wildman–Crippen LogP) is 6.12. The number of hydrogen-bond donors (Lipinski definition) is 2. The molecule has 1 aromatic heterocycles. The molecule has 2 bridgehead atoms. The Hall–Kier alpha value is -3.67. The van der Waals surface area contributed by atoms with Crippen LogP contribution in [0.15, 0.2) is 76.1 Å². The highest BCUT2D eigenvalue weighted by molar-refractivity contribution is 7.92. The zero-order valence-corrected chi connectivity index (χ0v) is 22.7. The lowest BCUT2D eigenvalue weighted by molar-refractivity contribution is -0.0241. The Bertz CT molecular complexity index is 1760. The highest BCUT2D eigenvalue weighted by Gasteiger charge is 2.63. The van der Waals surface area contributed by atoms with E-state index in [1.807, 2.05) is 30.3 Å². The van der Waals surface area contributed by atoms with Gasteiger partial charge in [0.05, 0.1) is 15.2 Å². The van der Waals surface area contributed by atoms with E-state index in [0.717, 1.165) is 11.6 Å². The maximum atomic E-state index is 14.0. The summed E-state index contributed by atoms with van der Waals surface area (Å²) >= 11 is 6.32. The van der Waals surface area contributed by atoms with Crippen molar-refractivity contribution in [2.45, 2.75) is 35.0 Å². The van der Waals surface area contributed by atoms with Crippen LogP contribution >= 0.6 is 11.6 Å². The number of sulfone groups is 1. The first kappa shape index (κ1) is 27.5. The van der Waals surface area contributed by atoms with E-state index < -0.39 is 55.9 Å². The molecule has 212 valence electrons. The number of fused-ring (bicyclic) bond motifs is 2. The van der Waals surface area contributed by atoms with Gasteiger partial charge in [-0.05, 0) is 43.4 Å². The average Bonchev–Trinajstić information content (AvgIpc) is 3.67. The summed E-state index contributed by atoms with van der Waals surface area (Å²) in [5.74, 6) is -6.21. The molecule has 4 aromatic rings. The molecule has 0 saturated heterocycles. The summed E-state index contributed by atoms with van der Waals surface area (Å²) in [7, 11) is -4.18. The van der Waals surface area contributed by atoms with Crippen LogP contribution in [-0.4, -0.2) is 29.8 Å². The van der Waals surface area contributed by atoms with Crippen molar-refractivity contribution in [3.63, 3.8) is 0 Å². The van der Waals surface area contributed by atoms with Crippen molar-refractivity contribution in [2.24, 2.45) is 11.8 Å². The highest BCUT2D eigenvalue weighted by atomic mass is 35.5. The van der Waals surface area contributed by atoms with Gasteiger partial charge in [-0.3, -0.25) is 4.79 Å². The number of halogens is 4. The van der Waals surface area contributed by atoms with E-state index in [-0.39, 0.29) is 33.3 Å². The predicted molar refractivity (Wildman–Crippen MR) is 143 cm³/mol. The van der Waals surface area contributed by atoms with Crippen molar-refractivity contribution in [3.8, 4) is 11.3 Å². The standard InChI is InChI=1S/C29H22ClF3N2O5S/c30-20-9-7-16(28(36)34-18-11-21(31)26(33)22(32)12-18)10-24(20)41(38,39)27-17-6-8-19(27)29(37,14-17)25-13-23(40-35-25)15-4-2-1-3-5-15/h1-5,7,9-13,17,19,27,37H,6,8,14H2,(H,34,36)/t17?,19?,27-,29-/m1/s1. The SMILES string of the molecule is O=C(Nc1cc(F)c(F)c(F)c1)c1ccc(Cl)c(S(=O)(=O)[C@@H]2C3CCC2[C@@](O)(c2cc(-c4ccccc4)on2)C3)c1. The molecule has 2 unspecified atom stereocenters. The second-order valence-electron chi connectivity index (χ2n) is 10.4. The van der Waals surface area contributed by atoms with Crippen molar-refractivity contribution < 1.29 is 36.0 Å². The number of benzene rings is 3. The number of aromatic nitrogens is 1. The summed E-state index contributed by atoms with van der Waals surface area (Å²) in [5.41, 5.74) is -1.04. The molecule has 2 N–H and O–H groups in total. The highest BCUT2D eigenvalue weighted by Crippen LogP contribution is 2.59. The van der Waals surface area contributed by atoms with E-state index in [1.54, 1.807) is 6.07 Å². The van der Waals surface area contributed by atoms with Crippen LogP contribution in [0.3, 0.4) is 0 Å². The van der Waals surface area contributed by atoms with Crippen molar-refractivity contribution in [1.29, 1.82) is 0 Å². The lowest BCUT2D eigenvalue weighted by Crippen LogP contribution is -2.36. The van der Waals surface area contributed by atoms with Gasteiger partial charge in [0, 0.05) is 40.9 Å². The Morgan fingerprint density at radius 1 is 1.02 bits per heavy atom. The Labute approximate surface area is 237 Å². The van der Waals surface area contributed by atoms with Gasteiger partial charge in [-0.15, -0.1) is 0 Å². The summed E-state index contributed by atoms with van der Waals surface area (Å²) in [6, 6.07) is 15.6. The largest absolute Gasteiger partial charge is 0.383 e. The van der Waals surface area contributed by atoms with Gasteiger partial charge in [0.25, 0.3) is 5.91 Å². The maximum Gasteiger partial charge on any atom is 0.255 e. The topological polar surface area (TPSA) is 110 Å². The first-order chi connectivity index (χ1) is 19.5. The fraction of sp³-hybridized carbons (Fsp3) is 0.241. The molecule has 1 amide bonds. The van der Waals surface area contributed by atoms with Crippen LogP contribution in [0.4, 0.5) is 18.9 Å². The molecule has 2 saturated carbocycles. The second kappa shape index (κ2) is 10.0. The van der Waals surface area contributed by atoms with E-state index in [0.29, 0.717) is 30.7 Å². The fourth-order valence-electron chi connectivity index (χ4n) is 6.15. The fourth-order valence-corrected chi connectivity index (χ4v) is 9.05. The number of anilines is 1. The minimum Gasteiger partial charge on any atom is -0.383 e. The third-order valence-electron chi connectivity index (χ3n) is 8.01. The molecule has 7 nitrogen and oxygen atoms in total. The Morgan fingerprint density at radius 2 is 1.73 bits per heavy atom. The number of amides is 1. The molecule has 2 aliphatic carbocycles. The molecule has 2 fully saturated rings. The molecule has 2 aliphatic rings. The number of carbonyl (C=O) groups excluding carboxylic acids is 1. The maximum absolute atomic E-state index is 14.0. The van der Waals surface area contributed by atoms with Crippen LogP contribution in [0.25, 0.3) is 11.3 Å². The molecular weight excluding hydrogens is 581 g/mol. The molecule has 0 spiro atoms. The quantitative estimate of drug-likeness (QED) is 0.257. The summed E-state index contributed by atoms with van der Waals surface area (Å²) in [6.07, 6.45) is 1.15. The Balaban J connectivity index is 1.29. The molecule has 1 heterocycles. The van der Waals surface area contributed by atoms with Gasteiger partial charge in [0.15, 0.2) is 33.0 Å². The van der Waals surface area contributed by atoms with E-state index in [2.05, 4.69) is 10.5 Å². The summed E-state index contributed by atoms with van der Waals surface area (Å²) in [5, 5.41) is 17.0. The minimum absolute atomic E-state index is 0.122. The molecular formula is C29H22ClF3N2O5S. The minimum atomic E-state index is -4.18. The van der Waals surface area contributed by atoms with Gasteiger partial charge < -0.3 is 14.9 Å². The molecule has 3 aromatic carbocycles. The van der Waals surface area contributed by atoms with Crippen LogP contribution in [0, 0.1) is 29.3 Å². The number of aliphatic hydroxyl groups is 1. The van der Waals surface area contributed by atoms with Gasteiger partial charge in [0.1, 0.15) is 11.3 Å². The molecule has 0 aliphatic heterocycles. The zero-order chi connectivity index (χ0) is 29.1. The first-order valence-corrected chi connectivity index (χ1v) is 14.7. The van der Waals surface area contributed by atoms with E-state index in [1.165, 1.54) is 12.1 Å². The Kier molecular flexibility index (Phi) is 6.71. The molecule has 0 radical (unpaired) electrons. The van der Waals surface area contributed by atoms with Gasteiger partial charge in [0.2, 0.25) is 0 Å². The van der Waals surface area contributed by atoms with Gasteiger partial charge in [-0.25, -0.2) is 21.6 Å². The lowest BCUT2D eigenvalue weighted by Gasteiger charge is -2.30. The average molecular weight is 603 g/mol. The monoisotopic (exact) mass is 602 g/mol. The van der Waals surface area contributed by atoms with Gasteiger partial charge >= 0.3 is 0 Å². The van der Waals surface area contributed by atoms with Crippen molar-refractivity contribution in [3.05, 3.63) is 100 Å². The van der Waals surface area contributed by atoms with Crippen molar-refractivity contribution in [2.75, 3.05) is 5.32 Å². The van der Waals surface area contributed by atoms with Crippen LogP contribution in [-0.2, 0) is 15.4 Å². The normalized spacial score (nSPS) is 23.6. The number of hydrogen-bond acceptors (Lipinski definition) is 6. The first-order valence-electron chi connectivity index (χ1n) is 12.7. The van der Waals surface area contributed by atoms with E-state index in [4.69, 9.17) is 16.1 Å². The van der Waals surface area contributed by atoms with Gasteiger partial charge in [-0.2, -0.15) is 0 Å². The third kappa shape index (κ3) is 4.61. The summed E-state index contributed by atoms with van der Waals surface area (Å²) in [4.78, 5) is 12.5. The van der Waals surface area contributed by atoms with Crippen LogP contribution in [0.5, 0.6) is 0 Å². The smallest absolute Gasteiger partial charge is 0.255 e. The number of rotatable bonds is 6. The molecule has 12 heteroatoms. The number of nitrogens with zero attached hydrogens (tertiary/aromatic N) is 1. The molecule has 41 heavy (non-hydrogen) atoms. The van der Waals surface area contributed by atoms with Crippen LogP contribution in [0.1, 0.15) is 35.3 Å². The molecule has 6 rings (SSSR count). The Morgan fingerprint density at radius 3 is 2.44 bits per heavy atom. The third-order valence-corrected chi connectivity index (χ3v) is 10.8. The number of nitrogens with one attached hydrogen (secondary N) is 1. The second-order valence-corrected chi connectivity index (χ2v) is 12.9. The number of carbonyl (C=O) groups is 1. The summed E-state index contributed by atoms with van der Waals surface area (Å²) in [6.45, 7) is 0. The zero-order valence-electron chi connectivity index (χ0n) is 21.2. The molecule has 4 atom stereocenters. The lowest BCUT2D eigenvalue weighted by atomic mass is 9.81. The summed E-state index contributed by atoms with van der Waals surface area (Å²) < 4.78 is 74.0.